The first kappa shape index (κ1) is 8.18. The van der Waals surface area contributed by atoms with Crippen LogP contribution >= 0.6 is 33.9 Å². The van der Waals surface area contributed by atoms with Crippen LogP contribution in [0.4, 0.5) is 0 Å². The topological polar surface area (TPSA) is 45.8 Å². The maximum atomic E-state index is 11.3. The number of nitrogens with zero attached hydrogens (tertiary/aromatic N) is 1. The molecule has 2 aromatic heterocycles. The standard InChI is InChI=1S/C7H5IN2OS/c1-3-9-5-4(8)2-12-6(5)7(11)10-3/h2H,1H3,(H,9,10,11). The number of aromatic amines is 1. The number of thiophene rings is 1. The van der Waals surface area contributed by atoms with E-state index in [9.17, 15) is 4.79 Å². The molecule has 2 rings (SSSR count). The number of hydrogen-bond acceptors (Lipinski definition) is 3. The van der Waals surface area contributed by atoms with E-state index in [4.69, 9.17) is 0 Å². The summed E-state index contributed by atoms with van der Waals surface area (Å²) < 4.78 is 1.76. The summed E-state index contributed by atoms with van der Waals surface area (Å²) in [5.41, 5.74) is 0.785. The summed E-state index contributed by atoms with van der Waals surface area (Å²) in [5, 5.41) is 1.94. The average Bonchev–Trinajstić information content (AvgIpc) is 2.33. The Morgan fingerprint density at radius 1 is 1.67 bits per heavy atom. The van der Waals surface area contributed by atoms with Gasteiger partial charge in [-0.15, -0.1) is 11.3 Å². The zero-order chi connectivity index (χ0) is 8.72. The second-order valence-electron chi connectivity index (χ2n) is 2.41. The smallest absolute Gasteiger partial charge is 0.268 e. The van der Waals surface area contributed by atoms with E-state index in [1.54, 1.807) is 6.92 Å². The fourth-order valence-corrected chi connectivity index (χ4v) is 2.73. The number of hydrogen-bond donors (Lipinski definition) is 1. The monoisotopic (exact) mass is 292 g/mol. The fourth-order valence-electron chi connectivity index (χ4n) is 1.01. The van der Waals surface area contributed by atoms with E-state index in [0.717, 1.165) is 9.09 Å². The lowest BCUT2D eigenvalue weighted by Gasteiger charge is -1.91. The molecule has 1 N–H and O–H groups in total. The SMILES string of the molecule is Cc1nc2c(I)csc2c(=O)[nH]1. The lowest BCUT2D eigenvalue weighted by Crippen LogP contribution is -2.07. The van der Waals surface area contributed by atoms with Crippen LogP contribution in [0.15, 0.2) is 10.2 Å². The molecule has 0 aliphatic carbocycles. The second-order valence-corrected chi connectivity index (χ2v) is 4.45. The Labute approximate surface area is 86.0 Å². The Morgan fingerprint density at radius 3 is 3.17 bits per heavy atom. The predicted molar refractivity (Wildman–Crippen MR) is 57.7 cm³/mol. The Bertz CT molecular complexity index is 488. The van der Waals surface area contributed by atoms with Gasteiger partial charge in [0.1, 0.15) is 16.0 Å². The highest BCUT2D eigenvalue weighted by atomic mass is 127. The third kappa shape index (κ3) is 1.16. The van der Waals surface area contributed by atoms with E-state index < -0.39 is 0 Å². The van der Waals surface area contributed by atoms with Crippen molar-refractivity contribution < 1.29 is 0 Å². The van der Waals surface area contributed by atoms with E-state index >= 15 is 0 Å². The summed E-state index contributed by atoms with van der Waals surface area (Å²) in [4.78, 5) is 18.2. The summed E-state index contributed by atoms with van der Waals surface area (Å²) in [5.74, 6) is 0.670. The van der Waals surface area contributed by atoms with Crippen LogP contribution in [0.2, 0.25) is 0 Å². The number of fused-ring (bicyclic) bond motifs is 1. The van der Waals surface area contributed by atoms with Gasteiger partial charge in [-0.1, -0.05) is 0 Å². The van der Waals surface area contributed by atoms with Crippen LogP contribution < -0.4 is 5.56 Å². The lowest BCUT2D eigenvalue weighted by atomic mass is 10.4. The maximum absolute atomic E-state index is 11.3. The summed E-state index contributed by atoms with van der Waals surface area (Å²) >= 11 is 3.62. The van der Waals surface area contributed by atoms with Crippen LogP contribution in [0, 0.1) is 10.5 Å². The van der Waals surface area contributed by atoms with Gasteiger partial charge < -0.3 is 4.98 Å². The average molecular weight is 292 g/mol. The van der Waals surface area contributed by atoms with Crippen LogP contribution in [-0.4, -0.2) is 9.97 Å². The molecule has 2 heterocycles. The first-order chi connectivity index (χ1) is 5.68. The first-order valence-electron chi connectivity index (χ1n) is 3.32. The highest BCUT2D eigenvalue weighted by molar-refractivity contribution is 14.1. The molecule has 0 atom stereocenters. The molecule has 0 spiro atoms. The van der Waals surface area contributed by atoms with Crippen molar-refractivity contribution in [3.8, 4) is 0 Å². The van der Waals surface area contributed by atoms with Crippen LogP contribution in [0.25, 0.3) is 10.2 Å². The van der Waals surface area contributed by atoms with Crippen molar-refractivity contribution >= 4 is 44.1 Å². The minimum atomic E-state index is -0.0367. The van der Waals surface area contributed by atoms with Crippen LogP contribution in [0.1, 0.15) is 5.82 Å². The molecule has 0 radical (unpaired) electrons. The van der Waals surface area contributed by atoms with E-state index in [0.29, 0.717) is 10.5 Å². The van der Waals surface area contributed by atoms with Gasteiger partial charge in [-0.2, -0.15) is 0 Å². The summed E-state index contributed by atoms with van der Waals surface area (Å²) in [6, 6.07) is 0. The molecule has 0 saturated carbocycles. The molecule has 0 amide bonds. The van der Waals surface area contributed by atoms with Gasteiger partial charge in [0, 0.05) is 5.38 Å². The quantitative estimate of drug-likeness (QED) is 0.754. The summed E-state index contributed by atoms with van der Waals surface area (Å²) in [7, 11) is 0. The van der Waals surface area contributed by atoms with E-state index in [1.165, 1.54) is 11.3 Å². The minimum absolute atomic E-state index is 0.0367. The second kappa shape index (κ2) is 2.81. The molecule has 0 aromatic carbocycles. The Kier molecular flexibility index (Phi) is 1.91. The predicted octanol–water partition coefficient (Wildman–Crippen LogP) is 1.90. The van der Waals surface area contributed by atoms with Gasteiger partial charge >= 0.3 is 0 Å². The van der Waals surface area contributed by atoms with E-state index in [2.05, 4.69) is 32.6 Å². The normalized spacial score (nSPS) is 10.8. The number of rotatable bonds is 0. The van der Waals surface area contributed by atoms with Gasteiger partial charge in [0.15, 0.2) is 0 Å². The van der Waals surface area contributed by atoms with Gasteiger partial charge in [-0.25, -0.2) is 4.98 Å². The number of nitrogens with one attached hydrogen (secondary N) is 1. The number of H-pyrrole nitrogens is 1. The number of halogens is 1. The largest absolute Gasteiger partial charge is 0.310 e. The molecule has 0 aliphatic rings. The molecule has 5 heteroatoms. The molecule has 0 fully saturated rings. The van der Waals surface area contributed by atoms with Crippen molar-refractivity contribution in [2.45, 2.75) is 6.92 Å². The zero-order valence-electron chi connectivity index (χ0n) is 6.22. The molecule has 0 unspecified atom stereocenters. The Hall–Kier alpha value is -0.430. The minimum Gasteiger partial charge on any atom is -0.310 e. The zero-order valence-corrected chi connectivity index (χ0v) is 9.19. The van der Waals surface area contributed by atoms with Crippen molar-refractivity contribution in [2.24, 2.45) is 0 Å². The van der Waals surface area contributed by atoms with Crippen LogP contribution in [0.5, 0.6) is 0 Å². The fraction of sp³-hybridized carbons (Fsp3) is 0.143. The lowest BCUT2D eigenvalue weighted by molar-refractivity contribution is 1.06. The highest BCUT2D eigenvalue weighted by Gasteiger charge is 2.06. The molecular formula is C7H5IN2OS. The molecule has 2 aromatic rings. The molecule has 3 nitrogen and oxygen atoms in total. The molecular weight excluding hydrogens is 287 g/mol. The van der Waals surface area contributed by atoms with E-state index in [-0.39, 0.29) is 5.56 Å². The van der Waals surface area contributed by atoms with Crippen molar-refractivity contribution in [1.29, 1.82) is 0 Å². The van der Waals surface area contributed by atoms with Crippen molar-refractivity contribution in [3.05, 3.63) is 25.1 Å². The van der Waals surface area contributed by atoms with Gasteiger partial charge in [0.25, 0.3) is 5.56 Å². The van der Waals surface area contributed by atoms with Crippen molar-refractivity contribution in [2.75, 3.05) is 0 Å². The maximum Gasteiger partial charge on any atom is 0.268 e. The van der Waals surface area contributed by atoms with Gasteiger partial charge in [0.2, 0.25) is 0 Å². The number of aryl methyl sites for hydroxylation is 1. The van der Waals surface area contributed by atoms with Gasteiger partial charge in [-0.05, 0) is 29.5 Å². The Morgan fingerprint density at radius 2 is 2.42 bits per heavy atom. The van der Waals surface area contributed by atoms with Crippen LogP contribution in [-0.2, 0) is 0 Å². The van der Waals surface area contributed by atoms with Gasteiger partial charge in [-0.3, -0.25) is 4.79 Å². The van der Waals surface area contributed by atoms with Crippen molar-refractivity contribution in [1.82, 2.24) is 9.97 Å². The summed E-state index contributed by atoms with van der Waals surface area (Å²) in [6.07, 6.45) is 0. The molecule has 0 saturated heterocycles. The molecule has 0 bridgehead atoms. The summed E-state index contributed by atoms with van der Waals surface area (Å²) in [6.45, 7) is 1.79. The van der Waals surface area contributed by atoms with Crippen LogP contribution in [0.3, 0.4) is 0 Å². The molecule has 0 aliphatic heterocycles. The molecule has 62 valence electrons. The third-order valence-corrected chi connectivity index (χ3v) is 3.71. The third-order valence-electron chi connectivity index (χ3n) is 1.50. The van der Waals surface area contributed by atoms with Gasteiger partial charge in [0.05, 0.1) is 3.57 Å². The first-order valence-corrected chi connectivity index (χ1v) is 5.28. The number of aromatic nitrogens is 2. The molecule has 12 heavy (non-hydrogen) atoms. The van der Waals surface area contributed by atoms with Crippen molar-refractivity contribution in [3.63, 3.8) is 0 Å². The Balaban J connectivity index is 3.03. The van der Waals surface area contributed by atoms with E-state index in [1.807, 2.05) is 5.38 Å². The highest BCUT2D eigenvalue weighted by Crippen LogP contribution is 2.21.